The molecule has 100 valence electrons. The molecule has 4 heteroatoms. The number of nitrogens with zero attached hydrogens (tertiary/aromatic N) is 2. The van der Waals surface area contributed by atoms with Crippen LogP contribution in [0.25, 0.3) is 0 Å². The molecule has 0 aromatic carbocycles. The van der Waals surface area contributed by atoms with Gasteiger partial charge in [0.2, 0.25) is 0 Å². The van der Waals surface area contributed by atoms with Gasteiger partial charge in [-0.2, -0.15) is 0 Å². The third-order valence-electron chi connectivity index (χ3n) is 3.13. The van der Waals surface area contributed by atoms with Crippen LogP contribution in [0.2, 0.25) is 0 Å². The molecule has 0 radical (unpaired) electrons. The Morgan fingerprint density at radius 3 is 2.47 bits per heavy atom. The molecule has 17 heavy (non-hydrogen) atoms. The Morgan fingerprint density at radius 2 is 1.94 bits per heavy atom. The Morgan fingerprint density at radius 1 is 1.24 bits per heavy atom. The molecule has 0 unspecified atom stereocenters. The van der Waals surface area contributed by atoms with E-state index in [1.165, 1.54) is 38.9 Å². The lowest BCUT2D eigenvalue weighted by atomic mass is 10.1. The van der Waals surface area contributed by atoms with Crippen molar-refractivity contribution in [1.29, 1.82) is 0 Å². The fourth-order valence-corrected chi connectivity index (χ4v) is 2.29. The maximum absolute atomic E-state index is 4.44. The molecule has 1 rings (SSSR count). The first-order valence-electron chi connectivity index (χ1n) is 7.07. The lowest BCUT2D eigenvalue weighted by molar-refractivity contribution is 0.206. The van der Waals surface area contributed by atoms with Crippen LogP contribution >= 0.6 is 0 Å². The Hall–Kier alpha value is -0.770. The van der Waals surface area contributed by atoms with Gasteiger partial charge in [0.05, 0.1) is 0 Å². The summed E-state index contributed by atoms with van der Waals surface area (Å²) >= 11 is 0. The largest absolute Gasteiger partial charge is 0.357 e. The molecule has 1 saturated heterocycles. The quantitative estimate of drug-likeness (QED) is 0.564. The smallest absolute Gasteiger partial charge is 0.191 e. The number of hydrogen-bond donors (Lipinski definition) is 2. The van der Waals surface area contributed by atoms with Gasteiger partial charge in [-0.25, -0.2) is 0 Å². The van der Waals surface area contributed by atoms with Crippen LogP contribution < -0.4 is 10.6 Å². The van der Waals surface area contributed by atoms with E-state index in [0.29, 0.717) is 6.04 Å². The zero-order valence-corrected chi connectivity index (χ0v) is 11.6. The predicted octanol–water partition coefficient (Wildman–Crippen LogP) is 1.44. The highest BCUT2D eigenvalue weighted by atomic mass is 15.2. The standard InChI is InChI=1S/C13H28N4/c1-4-9-17-10-7-12(8-11-17)16-13(14-5-2)15-6-3/h12H,4-11H2,1-3H3,(H2,14,15,16). The molecule has 0 aliphatic carbocycles. The Balaban J connectivity index is 2.30. The van der Waals surface area contributed by atoms with Gasteiger partial charge in [-0.05, 0) is 39.7 Å². The summed E-state index contributed by atoms with van der Waals surface area (Å²) in [5, 5.41) is 6.83. The van der Waals surface area contributed by atoms with Crippen LogP contribution in [0.3, 0.4) is 0 Å². The second-order valence-corrected chi connectivity index (χ2v) is 4.61. The van der Waals surface area contributed by atoms with E-state index in [4.69, 9.17) is 0 Å². The summed E-state index contributed by atoms with van der Waals surface area (Å²) in [7, 11) is 0. The minimum atomic E-state index is 0.590. The highest BCUT2D eigenvalue weighted by Gasteiger charge is 2.18. The van der Waals surface area contributed by atoms with E-state index in [9.17, 15) is 0 Å². The van der Waals surface area contributed by atoms with E-state index >= 15 is 0 Å². The van der Waals surface area contributed by atoms with E-state index in [1.807, 2.05) is 0 Å². The van der Waals surface area contributed by atoms with Gasteiger partial charge in [0.1, 0.15) is 0 Å². The average molecular weight is 240 g/mol. The molecule has 1 aliphatic heterocycles. The molecule has 0 aromatic rings. The van der Waals surface area contributed by atoms with Gasteiger partial charge in [-0.3, -0.25) is 4.99 Å². The molecule has 0 aromatic heterocycles. The van der Waals surface area contributed by atoms with Crippen molar-refractivity contribution in [2.45, 2.75) is 46.1 Å². The van der Waals surface area contributed by atoms with Crippen LogP contribution in [0, 0.1) is 0 Å². The topological polar surface area (TPSA) is 39.7 Å². The van der Waals surface area contributed by atoms with Crippen LogP contribution in [-0.2, 0) is 0 Å². The number of aliphatic imine (C=N–C) groups is 1. The SMILES string of the molecule is CCCN1CCC(NC(=NCC)NCC)CC1. The molecule has 4 nitrogen and oxygen atoms in total. The van der Waals surface area contributed by atoms with Crippen LogP contribution in [0.5, 0.6) is 0 Å². The first-order chi connectivity index (χ1) is 8.30. The summed E-state index contributed by atoms with van der Waals surface area (Å²) < 4.78 is 0. The fraction of sp³-hybridized carbons (Fsp3) is 0.923. The van der Waals surface area contributed by atoms with Crippen molar-refractivity contribution in [2.75, 3.05) is 32.7 Å². The van der Waals surface area contributed by atoms with E-state index in [0.717, 1.165) is 19.0 Å². The van der Waals surface area contributed by atoms with Gasteiger partial charge < -0.3 is 15.5 Å². The third-order valence-corrected chi connectivity index (χ3v) is 3.13. The summed E-state index contributed by atoms with van der Waals surface area (Å²) in [6, 6.07) is 0.590. The summed E-state index contributed by atoms with van der Waals surface area (Å²) in [5.74, 6) is 0.976. The fourth-order valence-electron chi connectivity index (χ4n) is 2.29. The van der Waals surface area contributed by atoms with Crippen molar-refractivity contribution in [1.82, 2.24) is 15.5 Å². The summed E-state index contributed by atoms with van der Waals surface area (Å²) in [4.78, 5) is 7.00. The molecule has 2 N–H and O–H groups in total. The zero-order chi connectivity index (χ0) is 12.5. The number of nitrogens with one attached hydrogen (secondary N) is 2. The van der Waals surface area contributed by atoms with E-state index in [2.05, 4.69) is 41.3 Å². The summed E-state index contributed by atoms with van der Waals surface area (Å²) in [6.45, 7) is 11.9. The molecule has 0 spiro atoms. The monoisotopic (exact) mass is 240 g/mol. The third kappa shape index (κ3) is 5.39. The Kier molecular flexibility index (Phi) is 7.01. The van der Waals surface area contributed by atoms with Crippen LogP contribution in [0.15, 0.2) is 4.99 Å². The molecule has 0 atom stereocenters. The van der Waals surface area contributed by atoms with Gasteiger partial charge in [-0.1, -0.05) is 6.92 Å². The van der Waals surface area contributed by atoms with Crippen LogP contribution in [0.1, 0.15) is 40.0 Å². The molecule has 1 heterocycles. The van der Waals surface area contributed by atoms with Crippen LogP contribution in [-0.4, -0.2) is 49.6 Å². The lowest BCUT2D eigenvalue weighted by Crippen LogP contribution is -2.48. The van der Waals surface area contributed by atoms with Gasteiger partial charge >= 0.3 is 0 Å². The second kappa shape index (κ2) is 8.34. The highest BCUT2D eigenvalue weighted by molar-refractivity contribution is 5.80. The van der Waals surface area contributed by atoms with Crippen molar-refractivity contribution in [3.05, 3.63) is 0 Å². The molecular weight excluding hydrogens is 212 g/mol. The number of guanidine groups is 1. The maximum Gasteiger partial charge on any atom is 0.191 e. The van der Waals surface area contributed by atoms with E-state index in [-0.39, 0.29) is 0 Å². The summed E-state index contributed by atoms with van der Waals surface area (Å²) in [6.07, 6.45) is 3.72. The Bertz CT molecular complexity index is 219. The maximum atomic E-state index is 4.44. The van der Waals surface area contributed by atoms with Crippen LogP contribution in [0.4, 0.5) is 0 Å². The van der Waals surface area contributed by atoms with E-state index in [1.54, 1.807) is 0 Å². The van der Waals surface area contributed by atoms with Crippen molar-refractivity contribution in [3.8, 4) is 0 Å². The molecule has 1 fully saturated rings. The minimum Gasteiger partial charge on any atom is -0.357 e. The predicted molar refractivity (Wildman–Crippen MR) is 74.5 cm³/mol. The van der Waals surface area contributed by atoms with E-state index < -0.39 is 0 Å². The summed E-state index contributed by atoms with van der Waals surface area (Å²) in [5.41, 5.74) is 0. The minimum absolute atomic E-state index is 0.590. The molecule has 0 bridgehead atoms. The zero-order valence-electron chi connectivity index (χ0n) is 11.6. The molecular formula is C13H28N4. The van der Waals surface area contributed by atoms with Crippen molar-refractivity contribution in [2.24, 2.45) is 4.99 Å². The lowest BCUT2D eigenvalue weighted by Gasteiger charge is -2.32. The normalized spacial score (nSPS) is 19.4. The first kappa shape index (κ1) is 14.3. The highest BCUT2D eigenvalue weighted by Crippen LogP contribution is 2.10. The van der Waals surface area contributed by atoms with Gasteiger partial charge in [0.25, 0.3) is 0 Å². The van der Waals surface area contributed by atoms with Gasteiger partial charge in [0, 0.05) is 32.2 Å². The number of hydrogen-bond acceptors (Lipinski definition) is 2. The molecule has 0 saturated carbocycles. The van der Waals surface area contributed by atoms with Crippen molar-refractivity contribution >= 4 is 5.96 Å². The number of piperidine rings is 1. The van der Waals surface area contributed by atoms with Gasteiger partial charge in [-0.15, -0.1) is 0 Å². The Labute approximate surface area is 106 Å². The first-order valence-corrected chi connectivity index (χ1v) is 7.07. The van der Waals surface area contributed by atoms with Crippen molar-refractivity contribution in [3.63, 3.8) is 0 Å². The van der Waals surface area contributed by atoms with Crippen molar-refractivity contribution < 1.29 is 0 Å². The number of rotatable bonds is 5. The second-order valence-electron chi connectivity index (χ2n) is 4.61. The molecule has 1 aliphatic rings. The average Bonchev–Trinajstić information content (AvgIpc) is 2.33. The molecule has 0 amide bonds. The number of likely N-dealkylation sites (tertiary alicyclic amines) is 1. The van der Waals surface area contributed by atoms with Gasteiger partial charge in [0.15, 0.2) is 5.96 Å².